The van der Waals surface area contributed by atoms with Gasteiger partial charge in [-0.2, -0.15) is 0 Å². The molecule has 44 heavy (non-hydrogen) atoms. The Morgan fingerprint density at radius 3 is 2.11 bits per heavy atom. The van der Waals surface area contributed by atoms with Crippen molar-refractivity contribution in [1.82, 2.24) is 9.80 Å². The maximum Gasteiger partial charge on any atom is 0.326 e. The van der Waals surface area contributed by atoms with E-state index in [-0.39, 0.29) is 23.3 Å². The van der Waals surface area contributed by atoms with Crippen molar-refractivity contribution in [1.29, 1.82) is 0 Å². The number of carbonyl (C=O) groups excluding carboxylic acids is 2. The lowest BCUT2D eigenvalue weighted by Crippen LogP contribution is -2.51. The molecular weight excluding hydrogens is 595 g/mol. The molecule has 0 bridgehead atoms. The number of amides is 3. The number of hydrogen-bond acceptors (Lipinski definition) is 4. The first-order valence-corrected chi connectivity index (χ1v) is 15.9. The van der Waals surface area contributed by atoms with Gasteiger partial charge in [-0.1, -0.05) is 74.3 Å². The molecule has 2 aliphatic rings. The van der Waals surface area contributed by atoms with Crippen molar-refractivity contribution in [3.63, 3.8) is 0 Å². The molecule has 3 aromatic rings. The molecule has 7 nitrogen and oxygen atoms in total. The second-order valence-electron chi connectivity index (χ2n) is 12.8. The zero-order chi connectivity index (χ0) is 31.8. The summed E-state index contributed by atoms with van der Waals surface area (Å²) in [5, 5.41) is 1.22. The number of aliphatic imine (C=N–C) groups is 1. The molecule has 2 heterocycles. The lowest BCUT2D eigenvalue weighted by molar-refractivity contribution is -0.123. The van der Waals surface area contributed by atoms with E-state index in [0.29, 0.717) is 54.2 Å². The van der Waals surface area contributed by atoms with E-state index in [1.807, 2.05) is 68.4 Å². The highest BCUT2D eigenvalue weighted by Crippen LogP contribution is 2.50. The van der Waals surface area contributed by atoms with E-state index in [4.69, 9.17) is 38.7 Å². The number of primary amides is 1. The number of amidine groups is 1. The summed E-state index contributed by atoms with van der Waals surface area (Å²) in [5.74, 6) is 0.620. The van der Waals surface area contributed by atoms with Crippen LogP contribution in [0.4, 0.5) is 4.79 Å². The van der Waals surface area contributed by atoms with Gasteiger partial charge < -0.3 is 15.4 Å². The Labute approximate surface area is 270 Å². The normalized spacial score (nSPS) is 20.9. The fourth-order valence-electron chi connectivity index (χ4n) is 6.18. The number of hydrogen-bond donors (Lipinski definition) is 1. The van der Waals surface area contributed by atoms with Crippen LogP contribution >= 0.6 is 23.2 Å². The molecule has 0 saturated carbocycles. The largest absolute Gasteiger partial charge is 0.493 e. The molecule has 1 fully saturated rings. The number of nitrogens with zero attached hydrogens (tertiary/aromatic N) is 3. The minimum Gasteiger partial charge on any atom is -0.493 e. The summed E-state index contributed by atoms with van der Waals surface area (Å²) < 4.78 is 6.23. The van der Waals surface area contributed by atoms with Gasteiger partial charge in [-0.3, -0.25) is 14.7 Å². The number of carbonyl (C=O) groups is 2. The molecule has 9 heteroatoms. The van der Waals surface area contributed by atoms with Gasteiger partial charge >= 0.3 is 6.03 Å². The van der Waals surface area contributed by atoms with Gasteiger partial charge in [-0.25, -0.2) is 4.79 Å². The fraction of sp³-hybridized carbons (Fsp3) is 0.400. The van der Waals surface area contributed by atoms with Crippen LogP contribution in [0.2, 0.25) is 10.0 Å². The monoisotopic (exact) mass is 634 g/mol. The van der Waals surface area contributed by atoms with Crippen LogP contribution in [0.5, 0.6) is 5.75 Å². The summed E-state index contributed by atoms with van der Waals surface area (Å²) in [6, 6.07) is 20.6. The van der Waals surface area contributed by atoms with E-state index in [9.17, 15) is 9.59 Å². The minimum absolute atomic E-state index is 0.105. The zero-order valence-electron chi connectivity index (χ0n) is 25.9. The standard InChI is InChI=1S/C35H40Cl2N4O3/c1-6-44-29-21-25(34(2,3)4)11-16-28(29)32-39-35(5,24-9-14-27(37)15-10-24)30(22-7-12-26(36)13-8-22)41(32)33(43)40-19-17-23(18-20-40)31(38)42/h7-16,21,23,30H,6,17-20H2,1-5H3,(H2,38,42)/t30-,35+/m1/s1. The van der Waals surface area contributed by atoms with E-state index >= 15 is 0 Å². The fourth-order valence-corrected chi connectivity index (χ4v) is 6.44. The van der Waals surface area contributed by atoms with E-state index in [1.165, 1.54) is 0 Å². The number of benzene rings is 3. The predicted molar refractivity (Wildman–Crippen MR) is 177 cm³/mol. The average Bonchev–Trinajstić information content (AvgIpc) is 3.31. The maximum absolute atomic E-state index is 14.7. The summed E-state index contributed by atoms with van der Waals surface area (Å²) in [4.78, 5) is 35.7. The third-order valence-electron chi connectivity index (χ3n) is 8.73. The van der Waals surface area contributed by atoms with Gasteiger partial charge in [0.05, 0.1) is 18.2 Å². The molecule has 2 atom stereocenters. The Morgan fingerprint density at radius 2 is 1.57 bits per heavy atom. The van der Waals surface area contributed by atoms with Gasteiger partial charge in [0.15, 0.2) is 0 Å². The zero-order valence-corrected chi connectivity index (χ0v) is 27.5. The van der Waals surface area contributed by atoms with Gasteiger partial charge in [-0.05, 0) is 85.2 Å². The molecule has 1 saturated heterocycles. The second kappa shape index (κ2) is 12.4. The number of halogens is 2. The molecule has 2 aliphatic heterocycles. The van der Waals surface area contributed by atoms with Crippen molar-refractivity contribution in [2.24, 2.45) is 16.6 Å². The summed E-state index contributed by atoms with van der Waals surface area (Å²) in [5.41, 5.74) is 8.26. The van der Waals surface area contributed by atoms with Crippen LogP contribution < -0.4 is 10.5 Å². The van der Waals surface area contributed by atoms with Gasteiger partial charge in [-0.15, -0.1) is 0 Å². The van der Waals surface area contributed by atoms with Crippen molar-refractivity contribution in [3.8, 4) is 5.75 Å². The molecule has 3 amide bonds. The molecule has 0 aromatic heterocycles. The third kappa shape index (κ3) is 6.18. The quantitative estimate of drug-likeness (QED) is 0.301. The summed E-state index contributed by atoms with van der Waals surface area (Å²) >= 11 is 12.6. The van der Waals surface area contributed by atoms with Crippen LogP contribution in [0, 0.1) is 5.92 Å². The molecule has 232 valence electrons. The summed E-state index contributed by atoms with van der Waals surface area (Å²) in [7, 11) is 0. The Hall–Kier alpha value is -3.55. The summed E-state index contributed by atoms with van der Waals surface area (Å²) in [6.07, 6.45) is 1.04. The smallest absolute Gasteiger partial charge is 0.326 e. The lowest BCUT2D eigenvalue weighted by atomic mass is 9.81. The molecule has 3 aromatic carbocycles. The third-order valence-corrected chi connectivity index (χ3v) is 9.24. The van der Waals surface area contributed by atoms with E-state index in [2.05, 4.69) is 32.9 Å². The maximum atomic E-state index is 14.7. The SMILES string of the molecule is CCOc1cc(C(C)(C)C)ccc1C1=N[C@@](C)(c2ccc(Cl)cc2)[C@@H](c2ccc(Cl)cc2)N1C(=O)N1CCC(C(N)=O)CC1. The first-order chi connectivity index (χ1) is 20.8. The van der Waals surface area contributed by atoms with Crippen molar-refractivity contribution in [3.05, 3.63) is 99.0 Å². The number of likely N-dealkylation sites (tertiary alicyclic amines) is 1. The Bertz CT molecular complexity index is 1560. The number of rotatable bonds is 6. The summed E-state index contributed by atoms with van der Waals surface area (Å²) in [6.45, 7) is 11.8. The van der Waals surface area contributed by atoms with E-state index in [0.717, 1.165) is 22.3 Å². The first kappa shape index (κ1) is 31.9. The van der Waals surface area contributed by atoms with E-state index < -0.39 is 11.6 Å². The van der Waals surface area contributed by atoms with Crippen LogP contribution in [-0.4, -0.2) is 47.3 Å². The minimum atomic E-state index is -0.888. The Morgan fingerprint density at radius 1 is 0.977 bits per heavy atom. The van der Waals surface area contributed by atoms with Gasteiger partial charge in [0, 0.05) is 29.1 Å². The lowest BCUT2D eigenvalue weighted by Gasteiger charge is -2.39. The van der Waals surface area contributed by atoms with Gasteiger partial charge in [0.2, 0.25) is 5.91 Å². The number of ether oxygens (including phenoxy) is 1. The van der Waals surface area contributed by atoms with Crippen molar-refractivity contribution in [2.75, 3.05) is 19.7 Å². The van der Waals surface area contributed by atoms with Gasteiger partial charge in [0.1, 0.15) is 17.1 Å². The topological polar surface area (TPSA) is 88.2 Å². The Balaban J connectivity index is 1.72. The number of piperidine rings is 1. The predicted octanol–water partition coefficient (Wildman–Crippen LogP) is 7.73. The molecule has 0 spiro atoms. The van der Waals surface area contributed by atoms with Crippen LogP contribution in [0.3, 0.4) is 0 Å². The van der Waals surface area contributed by atoms with Crippen LogP contribution in [0.15, 0.2) is 71.7 Å². The van der Waals surface area contributed by atoms with E-state index in [1.54, 1.807) is 9.80 Å². The highest BCUT2D eigenvalue weighted by Gasteiger charge is 2.52. The average molecular weight is 636 g/mol. The van der Waals surface area contributed by atoms with Crippen LogP contribution in [0.1, 0.15) is 75.8 Å². The highest BCUT2D eigenvalue weighted by molar-refractivity contribution is 6.30. The van der Waals surface area contributed by atoms with Crippen molar-refractivity contribution >= 4 is 41.0 Å². The van der Waals surface area contributed by atoms with Crippen molar-refractivity contribution in [2.45, 2.75) is 64.5 Å². The van der Waals surface area contributed by atoms with Crippen LogP contribution in [0.25, 0.3) is 0 Å². The first-order valence-electron chi connectivity index (χ1n) is 15.1. The number of urea groups is 1. The van der Waals surface area contributed by atoms with Crippen molar-refractivity contribution < 1.29 is 14.3 Å². The number of nitrogens with two attached hydrogens (primary N) is 1. The van der Waals surface area contributed by atoms with Crippen LogP contribution in [-0.2, 0) is 15.7 Å². The molecule has 0 radical (unpaired) electrons. The molecule has 0 unspecified atom stereocenters. The molecule has 5 rings (SSSR count). The Kier molecular flexibility index (Phi) is 9.01. The molecule has 2 N–H and O–H groups in total. The molecule has 0 aliphatic carbocycles. The highest BCUT2D eigenvalue weighted by atomic mass is 35.5. The van der Waals surface area contributed by atoms with Gasteiger partial charge in [0.25, 0.3) is 0 Å². The second-order valence-corrected chi connectivity index (χ2v) is 13.6. The molecular formula is C35H40Cl2N4O3.